The zero-order chi connectivity index (χ0) is 36.8. The van der Waals surface area contributed by atoms with Crippen LogP contribution >= 0.6 is 0 Å². The zero-order valence-corrected chi connectivity index (χ0v) is 33.8. The van der Waals surface area contributed by atoms with Crippen LogP contribution in [0, 0.1) is 69.0 Å². The molecule has 0 spiro atoms. The Morgan fingerprint density at radius 1 is 0.558 bits per heavy atom. The summed E-state index contributed by atoms with van der Waals surface area (Å²) >= 11 is 0. The SMILES string of the molecule is CC(=O)O[C@H]1CC[C@@]2(C)C(=CC[C@H]3[C@@H]4CC[C@H](C(C)=NN=C(C)[C@H]5CC[C@H]6[C@@H]7CC=C8C[C@@H](OC(C)=O)CC[C@]8(C)[C@H]7CC[C@]56C)[C@@]4(C)CC[C@@H]32)C1. The smallest absolute Gasteiger partial charge is 0.302 e. The number of nitrogens with zero attached hydrogens (tertiary/aromatic N) is 2. The molecule has 6 heteroatoms. The van der Waals surface area contributed by atoms with Crippen LogP contribution in [0.25, 0.3) is 0 Å². The normalized spacial score (nSPS) is 48.5. The monoisotopic (exact) mass is 713 g/mol. The molecule has 6 fully saturated rings. The van der Waals surface area contributed by atoms with E-state index in [0.717, 1.165) is 74.0 Å². The van der Waals surface area contributed by atoms with Crippen molar-refractivity contribution in [2.75, 3.05) is 0 Å². The molecule has 0 aromatic carbocycles. The van der Waals surface area contributed by atoms with E-state index in [1.807, 2.05) is 0 Å². The predicted molar refractivity (Wildman–Crippen MR) is 208 cm³/mol. The molecule has 14 atom stereocenters. The highest BCUT2D eigenvalue weighted by molar-refractivity contribution is 5.89. The molecule has 8 aliphatic rings. The van der Waals surface area contributed by atoms with Crippen LogP contribution in [0.1, 0.15) is 158 Å². The van der Waals surface area contributed by atoms with Crippen LogP contribution in [0.2, 0.25) is 0 Å². The molecule has 0 unspecified atom stereocenters. The minimum Gasteiger partial charge on any atom is -0.462 e. The lowest BCUT2D eigenvalue weighted by Gasteiger charge is -2.58. The Morgan fingerprint density at radius 3 is 1.35 bits per heavy atom. The van der Waals surface area contributed by atoms with E-state index in [1.54, 1.807) is 25.0 Å². The van der Waals surface area contributed by atoms with Gasteiger partial charge in [0.15, 0.2) is 0 Å². The molecule has 0 amide bonds. The fraction of sp³-hybridized carbons (Fsp3) is 0.826. The third-order valence-electron chi connectivity index (χ3n) is 18.2. The minimum absolute atomic E-state index is 0.0655. The van der Waals surface area contributed by atoms with Crippen molar-refractivity contribution in [3.05, 3.63) is 23.3 Å². The van der Waals surface area contributed by atoms with Gasteiger partial charge in [0.05, 0.1) is 0 Å². The van der Waals surface area contributed by atoms with E-state index in [4.69, 9.17) is 19.7 Å². The molecule has 8 rings (SSSR count). The second-order valence-electron chi connectivity index (χ2n) is 20.3. The summed E-state index contributed by atoms with van der Waals surface area (Å²) in [5.74, 6) is 5.27. The fourth-order valence-electron chi connectivity index (χ4n) is 15.6. The van der Waals surface area contributed by atoms with Crippen LogP contribution in [-0.2, 0) is 19.1 Å². The second kappa shape index (κ2) is 13.2. The molecule has 6 nitrogen and oxygen atoms in total. The molecule has 0 heterocycles. The number of rotatable bonds is 5. The molecule has 0 aromatic rings. The number of ether oxygens (including phenoxy) is 2. The average Bonchev–Trinajstić information content (AvgIpc) is 3.64. The average molecular weight is 713 g/mol. The van der Waals surface area contributed by atoms with E-state index in [9.17, 15) is 9.59 Å². The van der Waals surface area contributed by atoms with E-state index in [2.05, 4.69) is 53.7 Å². The molecule has 0 radical (unpaired) electrons. The van der Waals surface area contributed by atoms with E-state index >= 15 is 0 Å². The Kier molecular flexibility index (Phi) is 9.33. The van der Waals surface area contributed by atoms with Crippen molar-refractivity contribution in [1.82, 2.24) is 0 Å². The number of fused-ring (bicyclic) bond motifs is 10. The van der Waals surface area contributed by atoms with Crippen LogP contribution in [0.4, 0.5) is 0 Å². The number of hydrogen-bond acceptors (Lipinski definition) is 6. The van der Waals surface area contributed by atoms with Crippen molar-refractivity contribution >= 4 is 23.4 Å². The highest BCUT2D eigenvalue weighted by Crippen LogP contribution is 2.68. The molecule has 52 heavy (non-hydrogen) atoms. The predicted octanol–water partition coefficient (Wildman–Crippen LogP) is 10.8. The third-order valence-corrected chi connectivity index (χ3v) is 18.2. The van der Waals surface area contributed by atoms with Gasteiger partial charge in [0, 0.05) is 49.9 Å². The first-order valence-electron chi connectivity index (χ1n) is 21.5. The van der Waals surface area contributed by atoms with Gasteiger partial charge >= 0.3 is 11.9 Å². The van der Waals surface area contributed by atoms with Crippen molar-refractivity contribution in [1.29, 1.82) is 0 Å². The molecular weight excluding hydrogens is 645 g/mol. The van der Waals surface area contributed by atoms with Crippen LogP contribution < -0.4 is 0 Å². The van der Waals surface area contributed by atoms with E-state index < -0.39 is 0 Å². The summed E-state index contributed by atoms with van der Waals surface area (Å²) in [6, 6.07) is 0. The molecule has 8 aliphatic carbocycles. The van der Waals surface area contributed by atoms with E-state index in [0.29, 0.717) is 22.7 Å². The fourth-order valence-corrected chi connectivity index (χ4v) is 15.6. The largest absolute Gasteiger partial charge is 0.462 e. The van der Waals surface area contributed by atoms with Gasteiger partial charge in [0.1, 0.15) is 12.2 Å². The number of carbonyl (C=O) groups excluding carboxylic acids is 2. The van der Waals surface area contributed by atoms with Gasteiger partial charge < -0.3 is 9.47 Å². The molecule has 0 aliphatic heterocycles. The molecule has 6 saturated carbocycles. The Labute approximate surface area is 314 Å². The van der Waals surface area contributed by atoms with Crippen molar-refractivity contribution in [3.63, 3.8) is 0 Å². The number of allylic oxidation sites excluding steroid dienone is 2. The first-order chi connectivity index (χ1) is 24.7. The first kappa shape index (κ1) is 36.7. The lowest BCUT2D eigenvalue weighted by Crippen LogP contribution is -2.51. The third kappa shape index (κ3) is 5.75. The summed E-state index contributed by atoms with van der Waals surface area (Å²) in [5, 5.41) is 10.3. The van der Waals surface area contributed by atoms with Crippen LogP contribution in [0.15, 0.2) is 33.5 Å². The summed E-state index contributed by atoms with van der Waals surface area (Å²) in [4.78, 5) is 23.4. The quantitative estimate of drug-likeness (QED) is 0.123. The van der Waals surface area contributed by atoms with Crippen molar-refractivity contribution in [3.8, 4) is 0 Å². The zero-order valence-electron chi connectivity index (χ0n) is 33.8. The topological polar surface area (TPSA) is 77.3 Å². The highest BCUT2D eigenvalue weighted by Gasteiger charge is 2.61. The van der Waals surface area contributed by atoms with Crippen molar-refractivity contribution in [2.24, 2.45) is 79.2 Å². The Morgan fingerprint density at radius 2 is 0.962 bits per heavy atom. The maximum absolute atomic E-state index is 11.7. The lowest BCUT2D eigenvalue weighted by atomic mass is 9.47. The van der Waals surface area contributed by atoms with Gasteiger partial charge in [-0.2, -0.15) is 10.2 Å². The van der Waals surface area contributed by atoms with Gasteiger partial charge in [-0.25, -0.2) is 0 Å². The molecular formula is C46H68N2O4. The van der Waals surface area contributed by atoms with Crippen LogP contribution in [0.5, 0.6) is 0 Å². The van der Waals surface area contributed by atoms with Gasteiger partial charge in [-0.1, -0.05) is 51.0 Å². The molecule has 0 bridgehead atoms. The Balaban J connectivity index is 0.946. The van der Waals surface area contributed by atoms with Crippen molar-refractivity contribution < 1.29 is 19.1 Å². The van der Waals surface area contributed by atoms with Gasteiger partial charge in [-0.05, 0) is 161 Å². The minimum atomic E-state index is -0.138. The van der Waals surface area contributed by atoms with Gasteiger partial charge in [-0.3, -0.25) is 9.59 Å². The lowest BCUT2D eigenvalue weighted by molar-refractivity contribution is -0.149. The van der Waals surface area contributed by atoms with Crippen molar-refractivity contribution in [2.45, 2.75) is 170 Å². The summed E-state index contributed by atoms with van der Waals surface area (Å²) in [7, 11) is 0. The standard InChI is InChI=1S/C46H68N2O4/c1-27(37-13-15-39-35-11-9-31-25-33(51-29(3)49)17-21-43(31,5)41(35)19-23-45(37,39)7)47-48-28(2)38-14-16-40-36-12-10-32-26-34(52-30(4)50)18-22-44(32,6)42(36)20-24-46(38,40)8/h9-10,33-42H,11-26H2,1-8H3/t33-,34-,35-,36-,37+,38+,39-,40-,41-,42-,43-,44-,45+,46+/m0/s1. The van der Waals surface area contributed by atoms with Gasteiger partial charge in [0.2, 0.25) is 0 Å². The molecule has 0 saturated heterocycles. The van der Waals surface area contributed by atoms with Gasteiger partial charge in [0.25, 0.3) is 0 Å². The Bertz CT molecular complexity index is 1480. The van der Waals surface area contributed by atoms with E-state index in [-0.39, 0.29) is 35.0 Å². The second-order valence-corrected chi connectivity index (χ2v) is 20.3. The summed E-state index contributed by atoms with van der Waals surface area (Å²) in [6.07, 6.45) is 24.2. The number of hydrogen-bond donors (Lipinski definition) is 0. The van der Waals surface area contributed by atoms with Crippen LogP contribution in [-0.4, -0.2) is 35.6 Å². The Hall–Kier alpha value is -2.24. The molecule has 286 valence electrons. The van der Waals surface area contributed by atoms with Gasteiger partial charge in [-0.15, -0.1) is 0 Å². The summed E-state index contributed by atoms with van der Waals surface area (Å²) < 4.78 is 11.4. The molecule has 0 N–H and O–H groups in total. The van der Waals surface area contributed by atoms with E-state index in [1.165, 1.54) is 75.6 Å². The number of esters is 2. The highest BCUT2D eigenvalue weighted by atomic mass is 16.5. The maximum Gasteiger partial charge on any atom is 0.302 e. The number of carbonyl (C=O) groups is 2. The van der Waals surface area contributed by atoms with Crippen LogP contribution in [0.3, 0.4) is 0 Å². The first-order valence-corrected chi connectivity index (χ1v) is 21.5. The molecule has 0 aromatic heterocycles. The summed E-state index contributed by atoms with van der Waals surface area (Å²) in [5.41, 5.74) is 6.82. The maximum atomic E-state index is 11.7. The summed E-state index contributed by atoms with van der Waals surface area (Å²) in [6.45, 7) is 18.0.